The number of ether oxygens (including phenoxy) is 1. The largest absolute Gasteiger partial charge is 0.470 e. The first kappa shape index (κ1) is 18.7. The second-order valence-corrected chi connectivity index (χ2v) is 6.11. The zero-order chi connectivity index (χ0) is 19.4. The van der Waals surface area contributed by atoms with E-state index in [0.717, 1.165) is 0 Å². The fraction of sp³-hybridized carbons (Fsp3) is 0.0588. The highest BCUT2D eigenvalue weighted by atomic mass is 35.5. The second-order valence-electron chi connectivity index (χ2n) is 5.32. The number of carbonyl (C=O) groups is 1. The third-order valence-corrected chi connectivity index (χ3v) is 4.28. The number of hydrogen-bond donors (Lipinski definition) is 1. The van der Waals surface area contributed by atoms with Gasteiger partial charge in [-0.3, -0.25) is 14.9 Å². The van der Waals surface area contributed by atoms with E-state index in [1.54, 1.807) is 24.4 Å². The molecule has 2 aromatic carbocycles. The predicted molar refractivity (Wildman–Crippen MR) is 100 cm³/mol. The molecule has 0 fully saturated rings. The van der Waals surface area contributed by atoms with Crippen molar-refractivity contribution in [2.24, 2.45) is 0 Å². The molecule has 1 amide bonds. The number of anilines is 1. The van der Waals surface area contributed by atoms with Gasteiger partial charge in [0.25, 0.3) is 11.6 Å². The first-order valence-corrected chi connectivity index (χ1v) is 8.35. The normalized spacial score (nSPS) is 10.4. The minimum absolute atomic E-state index is 0.0326. The van der Waals surface area contributed by atoms with Crippen molar-refractivity contribution in [2.75, 3.05) is 5.32 Å². The van der Waals surface area contributed by atoms with Gasteiger partial charge >= 0.3 is 0 Å². The van der Waals surface area contributed by atoms with Gasteiger partial charge in [-0.05, 0) is 30.3 Å². The van der Waals surface area contributed by atoms with Gasteiger partial charge in [-0.15, -0.1) is 0 Å². The number of non-ortho nitro benzene ring substituents is 1. The molecular formula is C17H12Cl2N4O4. The number of halogens is 2. The molecule has 0 atom stereocenters. The molecule has 1 heterocycles. The summed E-state index contributed by atoms with van der Waals surface area (Å²) in [6, 6.07) is 12.0. The highest BCUT2D eigenvalue weighted by molar-refractivity contribution is 6.42. The maximum absolute atomic E-state index is 12.2. The zero-order valence-corrected chi connectivity index (χ0v) is 15.1. The fourth-order valence-corrected chi connectivity index (χ4v) is 2.49. The van der Waals surface area contributed by atoms with Crippen molar-refractivity contribution in [3.05, 3.63) is 80.6 Å². The first-order chi connectivity index (χ1) is 12.9. The van der Waals surface area contributed by atoms with E-state index in [9.17, 15) is 14.9 Å². The number of aromatic nitrogens is 2. The number of carbonyl (C=O) groups excluding carboxylic acids is 1. The topological polar surface area (TPSA) is 99.3 Å². The molecule has 1 N–H and O–H groups in total. The summed E-state index contributed by atoms with van der Waals surface area (Å²) in [6.07, 6.45) is 1.57. The number of benzene rings is 2. The van der Waals surface area contributed by atoms with E-state index >= 15 is 0 Å². The standard InChI is InChI=1S/C17H12Cl2N4O4/c18-13-2-1-3-15(16(13)19)27-10-22-9-8-14(21-22)17(24)20-11-4-6-12(7-5-11)23(25)26/h1-9H,10H2,(H,20,24). The molecule has 0 saturated carbocycles. The second kappa shape index (κ2) is 8.07. The van der Waals surface area contributed by atoms with Crippen LogP contribution in [0.1, 0.15) is 10.5 Å². The predicted octanol–water partition coefficient (Wildman–Crippen LogP) is 4.39. The molecule has 3 rings (SSSR count). The Morgan fingerprint density at radius 1 is 1.19 bits per heavy atom. The lowest BCUT2D eigenvalue weighted by molar-refractivity contribution is -0.384. The zero-order valence-electron chi connectivity index (χ0n) is 13.6. The SMILES string of the molecule is O=C(Nc1ccc([N+](=O)[O-])cc1)c1ccn(COc2cccc(Cl)c2Cl)n1. The van der Waals surface area contributed by atoms with Gasteiger partial charge in [-0.2, -0.15) is 5.10 Å². The van der Waals surface area contributed by atoms with Gasteiger partial charge in [0.15, 0.2) is 12.4 Å². The number of nitrogens with one attached hydrogen (secondary N) is 1. The van der Waals surface area contributed by atoms with Crippen molar-refractivity contribution in [3.63, 3.8) is 0 Å². The molecule has 8 nitrogen and oxygen atoms in total. The van der Waals surface area contributed by atoms with Gasteiger partial charge in [0.05, 0.1) is 9.95 Å². The molecule has 0 aliphatic carbocycles. The Bertz CT molecular complexity index is 989. The number of nitro benzene ring substituents is 1. The summed E-state index contributed by atoms with van der Waals surface area (Å²) in [6.45, 7) is 0.0326. The number of nitro groups is 1. The number of nitrogens with zero attached hydrogens (tertiary/aromatic N) is 3. The minimum atomic E-state index is -0.514. The van der Waals surface area contributed by atoms with E-state index in [4.69, 9.17) is 27.9 Å². The van der Waals surface area contributed by atoms with Gasteiger partial charge in [0.2, 0.25) is 0 Å². The maximum atomic E-state index is 12.2. The van der Waals surface area contributed by atoms with Gasteiger partial charge in [0.1, 0.15) is 10.8 Å². The quantitative estimate of drug-likeness (QED) is 0.483. The van der Waals surface area contributed by atoms with Gasteiger partial charge in [-0.25, -0.2) is 4.68 Å². The van der Waals surface area contributed by atoms with Crippen molar-refractivity contribution < 1.29 is 14.5 Å². The Balaban J connectivity index is 1.62. The van der Waals surface area contributed by atoms with Crippen LogP contribution in [0.25, 0.3) is 0 Å². The Hall–Kier alpha value is -3.10. The van der Waals surface area contributed by atoms with Crippen LogP contribution in [0, 0.1) is 10.1 Å². The maximum Gasteiger partial charge on any atom is 0.276 e. The monoisotopic (exact) mass is 406 g/mol. The third-order valence-electron chi connectivity index (χ3n) is 3.48. The lowest BCUT2D eigenvalue weighted by atomic mass is 10.3. The summed E-state index contributed by atoms with van der Waals surface area (Å²) >= 11 is 12.0. The van der Waals surface area contributed by atoms with Crippen LogP contribution >= 0.6 is 23.2 Å². The molecule has 3 aromatic rings. The van der Waals surface area contributed by atoms with Crippen LogP contribution in [0.3, 0.4) is 0 Å². The van der Waals surface area contributed by atoms with Crippen LogP contribution < -0.4 is 10.1 Å². The van der Waals surface area contributed by atoms with E-state index < -0.39 is 10.8 Å². The van der Waals surface area contributed by atoms with Crippen molar-refractivity contribution in [3.8, 4) is 5.75 Å². The molecule has 0 unspecified atom stereocenters. The highest BCUT2D eigenvalue weighted by Crippen LogP contribution is 2.31. The number of rotatable bonds is 6. The highest BCUT2D eigenvalue weighted by Gasteiger charge is 2.12. The Morgan fingerprint density at radius 2 is 1.93 bits per heavy atom. The van der Waals surface area contributed by atoms with Crippen molar-refractivity contribution in [2.45, 2.75) is 6.73 Å². The fourth-order valence-electron chi connectivity index (χ4n) is 2.15. The molecule has 0 aliphatic heterocycles. The third kappa shape index (κ3) is 4.55. The average molecular weight is 407 g/mol. The summed E-state index contributed by atoms with van der Waals surface area (Å²) in [5, 5.41) is 18.0. The van der Waals surface area contributed by atoms with Crippen LogP contribution in [0.2, 0.25) is 10.0 Å². The van der Waals surface area contributed by atoms with Gasteiger partial charge in [-0.1, -0.05) is 29.3 Å². The molecule has 10 heteroatoms. The Labute approximate surface area is 163 Å². The lowest BCUT2D eigenvalue weighted by Gasteiger charge is -2.08. The van der Waals surface area contributed by atoms with Crippen molar-refractivity contribution >= 4 is 40.5 Å². The van der Waals surface area contributed by atoms with Crippen LogP contribution in [0.5, 0.6) is 5.75 Å². The van der Waals surface area contributed by atoms with Crippen LogP contribution in [0.15, 0.2) is 54.7 Å². The molecule has 27 heavy (non-hydrogen) atoms. The smallest absolute Gasteiger partial charge is 0.276 e. The molecule has 0 spiro atoms. The first-order valence-electron chi connectivity index (χ1n) is 7.60. The van der Waals surface area contributed by atoms with Gasteiger partial charge in [0, 0.05) is 24.0 Å². The van der Waals surface area contributed by atoms with Crippen molar-refractivity contribution in [1.29, 1.82) is 0 Å². The van der Waals surface area contributed by atoms with Crippen LogP contribution in [0.4, 0.5) is 11.4 Å². The molecule has 0 aliphatic rings. The molecule has 1 aromatic heterocycles. The van der Waals surface area contributed by atoms with E-state index in [2.05, 4.69) is 10.4 Å². The van der Waals surface area contributed by atoms with Gasteiger partial charge < -0.3 is 10.1 Å². The minimum Gasteiger partial charge on any atom is -0.470 e. The van der Waals surface area contributed by atoms with E-state index in [1.165, 1.54) is 35.0 Å². The Kier molecular flexibility index (Phi) is 5.58. The summed E-state index contributed by atoms with van der Waals surface area (Å²) in [5.41, 5.74) is 0.519. The summed E-state index contributed by atoms with van der Waals surface area (Å²) in [5.74, 6) is -0.0556. The average Bonchev–Trinajstić information content (AvgIpc) is 3.12. The van der Waals surface area contributed by atoms with E-state index in [-0.39, 0.29) is 18.1 Å². The molecule has 0 bridgehead atoms. The van der Waals surface area contributed by atoms with Crippen LogP contribution in [-0.2, 0) is 6.73 Å². The number of amides is 1. The number of hydrogen-bond acceptors (Lipinski definition) is 5. The Morgan fingerprint density at radius 3 is 2.63 bits per heavy atom. The van der Waals surface area contributed by atoms with E-state index in [0.29, 0.717) is 21.5 Å². The summed E-state index contributed by atoms with van der Waals surface area (Å²) in [7, 11) is 0. The van der Waals surface area contributed by atoms with Crippen LogP contribution in [-0.4, -0.2) is 20.6 Å². The summed E-state index contributed by atoms with van der Waals surface area (Å²) < 4.78 is 6.96. The molecule has 0 saturated heterocycles. The summed E-state index contributed by atoms with van der Waals surface area (Å²) in [4.78, 5) is 22.3. The van der Waals surface area contributed by atoms with E-state index in [1.807, 2.05) is 0 Å². The molecular weight excluding hydrogens is 395 g/mol. The lowest BCUT2D eigenvalue weighted by Crippen LogP contribution is -2.14. The molecule has 0 radical (unpaired) electrons. The molecule has 138 valence electrons. The van der Waals surface area contributed by atoms with Crippen molar-refractivity contribution in [1.82, 2.24) is 9.78 Å².